The Morgan fingerprint density at radius 2 is 1.76 bits per heavy atom. The highest BCUT2D eigenvalue weighted by molar-refractivity contribution is 6.04. The molecule has 8 nitrogen and oxygen atoms in total. The zero-order chi connectivity index (χ0) is 20.2. The predicted molar refractivity (Wildman–Crippen MR) is 111 cm³/mol. The second-order valence-electron chi connectivity index (χ2n) is 7.00. The lowest BCUT2D eigenvalue weighted by atomic mass is 10.1. The molecule has 0 aliphatic carbocycles. The Morgan fingerprint density at radius 1 is 0.931 bits per heavy atom. The predicted octanol–water partition coefficient (Wildman–Crippen LogP) is 3.41. The van der Waals surface area contributed by atoms with Crippen LogP contribution < -0.4 is 16.4 Å². The van der Waals surface area contributed by atoms with Crippen molar-refractivity contribution in [3.63, 3.8) is 0 Å². The van der Waals surface area contributed by atoms with Gasteiger partial charge in [-0.15, -0.1) is 10.2 Å². The molecule has 3 amide bonds. The molecular weight excluding hydrogens is 368 g/mol. The molecule has 0 bridgehead atoms. The zero-order valence-corrected chi connectivity index (χ0v) is 15.9. The van der Waals surface area contributed by atoms with Crippen LogP contribution in [0.3, 0.4) is 0 Å². The third kappa shape index (κ3) is 4.26. The van der Waals surface area contributed by atoms with E-state index in [-0.39, 0.29) is 5.91 Å². The van der Waals surface area contributed by atoms with Gasteiger partial charge in [-0.25, -0.2) is 4.79 Å². The SMILES string of the molecule is NC(=O)Nc1ccc(C(=O)Nc2cccc(-c3nnc4n3CCCCC4)c2)cc1. The molecule has 3 aromatic rings. The number of anilines is 2. The van der Waals surface area contributed by atoms with E-state index < -0.39 is 6.03 Å². The number of carbonyl (C=O) groups is 2. The van der Waals surface area contributed by atoms with E-state index in [0.29, 0.717) is 16.9 Å². The van der Waals surface area contributed by atoms with E-state index in [2.05, 4.69) is 25.4 Å². The first-order chi connectivity index (χ1) is 14.1. The average molecular weight is 390 g/mol. The van der Waals surface area contributed by atoms with Crippen molar-refractivity contribution in [3.8, 4) is 11.4 Å². The minimum Gasteiger partial charge on any atom is -0.351 e. The number of nitrogens with zero attached hydrogens (tertiary/aromatic N) is 3. The first-order valence-corrected chi connectivity index (χ1v) is 9.60. The summed E-state index contributed by atoms with van der Waals surface area (Å²) in [6.07, 6.45) is 4.41. The number of carbonyl (C=O) groups excluding carboxylic acids is 2. The normalized spacial score (nSPS) is 13.2. The van der Waals surface area contributed by atoms with Crippen molar-refractivity contribution in [2.24, 2.45) is 5.73 Å². The van der Waals surface area contributed by atoms with E-state index in [4.69, 9.17) is 5.73 Å². The lowest BCUT2D eigenvalue weighted by Gasteiger charge is -2.10. The van der Waals surface area contributed by atoms with Crippen LogP contribution in [0.1, 0.15) is 35.4 Å². The Bertz CT molecular complexity index is 1040. The average Bonchev–Trinajstić information content (AvgIpc) is 2.96. The van der Waals surface area contributed by atoms with Gasteiger partial charge in [0.2, 0.25) is 0 Å². The summed E-state index contributed by atoms with van der Waals surface area (Å²) < 4.78 is 2.18. The maximum Gasteiger partial charge on any atom is 0.316 e. The van der Waals surface area contributed by atoms with Gasteiger partial charge < -0.3 is 20.9 Å². The molecule has 1 aromatic heterocycles. The Balaban J connectivity index is 1.51. The smallest absolute Gasteiger partial charge is 0.316 e. The molecule has 1 aliphatic rings. The molecule has 29 heavy (non-hydrogen) atoms. The van der Waals surface area contributed by atoms with Crippen molar-refractivity contribution in [1.29, 1.82) is 0 Å². The number of urea groups is 1. The number of nitrogens with one attached hydrogen (secondary N) is 2. The maximum atomic E-state index is 12.6. The van der Waals surface area contributed by atoms with Gasteiger partial charge in [-0.05, 0) is 49.2 Å². The number of hydrogen-bond acceptors (Lipinski definition) is 4. The number of aromatic nitrogens is 3. The van der Waals surface area contributed by atoms with E-state index in [1.54, 1.807) is 24.3 Å². The molecule has 0 atom stereocenters. The summed E-state index contributed by atoms with van der Waals surface area (Å²) in [5.74, 6) is 1.62. The van der Waals surface area contributed by atoms with E-state index in [1.807, 2.05) is 24.3 Å². The van der Waals surface area contributed by atoms with Gasteiger partial charge in [0.1, 0.15) is 5.82 Å². The quantitative estimate of drug-likeness (QED) is 0.633. The summed E-state index contributed by atoms with van der Waals surface area (Å²) >= 11 is 0. The topological polar surface area (TPSA) is 115 Å². The van der Waals surface area contributed by atoms with Crippen molar-refractivity contribution in [3.05, 3.63) is 59.9 Å². The fourth-order valence-electron chi connectivity index (χ4n) is 3.49. The van der Waals surface area contributed by atoms with E-state index >= 15 is 0 Å². The number of amides is 3. The molecule has 2 heterocycles. The van der Waals surface area contributed by atoms with Gasteiger partial charge in [-0.3, -0.25) is 4.79 Å². The second kappa shape index (κ2) is 8.14. The second-order valence-corrected chi connectivity index (χ2v) is 7.00. The first kappa shape index (κ1) is 18.7. The first-order valence-electron chi connectivity index (χ1n) is 9.60. The van der Waals surface area contributed by atoms with Crippen molar-refractivity contribution >= 4 is 23.3 Å². The molecule has 0 unspecified atom stereocenters. The Morgan fingerprint density at radius 3 is 2.55 bits per heavy atom. The van der Waals surface area contributed by atoms with Crippen molar-refractivity contribution in [2.75, 3.05) is 10.6 Å². The number of nitrogens with two attached hydrogens (primary N) is 1. The zero-order valence-electron chi connectivity index (χ0n) is 15.9. The third-order valence-corrected chi connectivity index (χ3v) is 4.90. The van der Waals surface area contributed by atoms with Gasteiger partial charge in [0.05, 0.1) is 0 Å². The standard InChI is InChI=1S/C21H22N6O2/c22-21(29)24-16-10-8-14(9-11-16)20(28)23-17-6-4-5-15(13-17)19-26-25-18-7-2-1-3-12-27(18)19/h4-6,8-11,13H,1-3,7,12H2,(H,23,28)(H3,22,24,29). The van der Waals surface area contributed by atoms with E-state index in [0.717, 1.165) is 43.0 Å². The minimum atomic E-state index is -0.648. The molecule has 0 fully saturated rings. The number of benzene rings is 2. The number of rotatable bonds is 4. The summed E-state index contributed by atoms with van der Waals surface area (Å²) in [4.78, 5) is 23.5. The summed E-state index contributed by atoms with van der Waals surface area (Å²) in [6.45, 7) is 0.917. The van der Waals surface area contributed by atoms with Crippen molar-refractivity contribution in [1.82, 2.24) is 14.8 Å². The molecule has 148 valence electrons. The third-order valence-electron chi connectivity index (χ3n) is 4.90. The van der Waals surface area contributed by atoms with Crippen LogP contribution in [0.25, 0.3) is 11.4 Å². The molecule has 0 saturated heterocycles. The summed E-state index contributed by atoms with van der Waals surface area (Å²) in [6, 6.07) is 13.5. The number of primary amides is 1. The van der Waals surface area contributed by atoms with Gasteiger partial charge in [0, 0.05) is 35.5 Å². The van der Waals surface area contributed by atoms with Crippen molar-refractivity contribution < 1.29 is 9.59 Å². The fourth-order valence-corrected chi connectivity index (χ4v) is 3.49. The van der Waals surface area contributed by atoms with Crippen LogP contribution in [-0.2, 0) is 13.0 Å². The number of aryl methyl sites for hydroxylation is 1. The number of hydrogen-bond donors (Lipinski definition) is 3. The highest BCUT2D eigenvalue weighted by Gasteiger charge is 2.16. The summed E-state index contributed by atoms with van der Waals surface area (Å²) in [7, 11) is 0. The van der Waals surface area contributed by atoms with Gasteiger partial charge in [-0.1, -0.05) is 18.6 Å². The molecular formula is C21H22N6O2. The summed E-state index contributed by atoms with van der Waals surface area (Å²) in [5.41, 5.74) is 7.69. The molecule has 4 N–H and O–H groups in total. The van der Waals surface area contributed by atoms with Gasteiger partial charge >= 0.3 is 6.03 Å². The van der Waals surface area contributed by atoms with Crippen LogP contribution in [0.5, 0.6) is 0 Å². The molecule has 0 saturated carbocycles. The van der Waals surface area contributed by atoms with Crippen LogP contribution in [0.2, 0.25) is 0 Å². The molecule has 1 aliphatic heterocycles. The lowest BCUT2D eigenvalue weighted by Crippen LogP contribution is -2.19. The monoisotopic (exact) mass is 390 g/mol. The summed E-state index contributed by atoms with van der Waals surface area (Å²) in [5, 5.41) is 14.1. The van der Waals surface area contributed by atoms with E-state index in [1.165, 1.54) is 6.42 Å². The fraction of sp³-hybridized carbons (Fsp3) is 0.238. The van der Waals surface area contributed by atoms with Crippen LogP contribution in [-0.4, -0.2) is 26.7 Å². The molecule has 8 heteroatoms. The minimum absolute atomic E-state index is 0.243. The van der Waals surface area contributed by atoms with Gasteiger partial charge in [-0.2, -0.15) is 0 Å². The van der Waals surface area contributed by atoms with Crippen molar-refractivity contribution in [2.45, 2.75) is 32.2 Å². The molecule has 4 rings (SSSR count). The highest BCUT2D eigenvalue weighted by atomic mass is 16.2. The number of fused-ring (bicyclic) bond motifs is 1. The Kier molecular flexibility index (Phi) is 5.24. The molecule has 0 spiro atoms. The van der Waals surface area contributed by atoms with Crippen LogP contribution in [0.15, 0.2) is 48.5 Å². The van der Waals surface area contributed by atoms with Gasteiger partial charge in [0.15, 0.2) is 5.82 Å². The van der Waals surface area contributed by atoms with Gasteiger partial charge in [0.25, 0.3) is 5.91 Å². The molecule has 2 aromatic carbocycles. The van der Waals surface area contributed by atoms with Crippen LogP contribution in [0.4, 0.5) is 16.2 Å². The van der Waals surface area contributed by atoms with E-state index in [9.17, 15) is 9.59 Å². The van der Waals surface area contributed by atoms with Crippen LogP contribution in [0, 0.1) is 0 Å². The maximum absolute atomic E-state index is 12.6. The highest BCUT2D eigenvalue weighted by Crippen LogP contribution is 2.25. The lowest BCUT2D eigenvalue weighted by molar-refractivity contribution is 0.102. The largest absolute Gasteiger partial charge is 0.351 e. The Hall–Kier alpha value is -3.68. The van der Waals surface area contributed by atoms with Crippen LogP contribution >= 0.6 is 0 Å². The molecule has 0 radical (unpaired) electrons. The Labute approximate surface area is 168 Å².